The summed E-state index contributed by atoms with van der Waals surface area (Å²) in [5.41, 5.74) is -0.139. The number of carbonyl (C=O) groups is 4. The molecule has 1 aliphatic heterocycles. The second kappa shape index (κ2) is 11.1. The molecule has 180 valence electrons. The van der Waals surface area contributed by atoms with Crippen LogP contribution in [0.2, 0.25) is 25.1 Å². The average molecular weight is 567 g/mol. The van der Waals surface area contributed by atoms with E-state index >= 15 is 0 Å². The number of hydrogen-bond acceptors (Lipinski definition) is 5. The summed E-state index contributed by atoms with van der Waals surface area (Å²) in [4.78, 5) is 52.1. The van der Waals surface area contributed by atoms with E-state index in [4.69, 9.17) is 62.7 Å². The number of unbranched alkanes of at least 4 members (excludes halogenated alkanes) is 1. The van der Waals surface area contributed by atoms with E-state index in [2.05, 4.69) is 5.32 Å². The van der Waals surface area contributed by atoms with Crippen molar-refractivity contribution in [3.8, 4) is 0 Å². The van der Waals surface area contributed by atoms with Crippen molar-refractivity contribution in [3.05, 3.63) is 60.5 Å². The van der Waals surface area contributed by atoms with E-state index in [1.165, 1.54) is 0 Å². The van der Waals surface area contributed by atoms with Crippen molar-refractivity contribution in [2.24, 2.45) is 0 Å². The first-order valence-corrected chi connectivity index (χ1v) is 11.9. The monoisotopic (exact) mass is 564 g/mol. The number of ether oxygens (including phenoxy) is 1. The van der Waals surface area contributed by atoms with E-state index < -0.39 is 36.3 Å². The predicted octanol–water partition coefficient (Wildman–Crippen LogP) is 6.29. The van der Waals surface area contributed by atoms with Gasteiger partial charge in [-0.2, -0.15) is 0 Å². The van der Waals surface area contributed by atoms with Gasteiger partial charge < -0.3 is 10.1 Å². The molecule has 0 saturated carbocycles. The number of nitrogens with one attached hydrogen (secondary N) is 1. The third-order valence-electron chi connectivity index (χ3n) is 5.04. The summed E-state index contributed by atoms with van der Waals surface area (Å²) in [5, 5.41) is 1.98. The fourth-order valence-corrected chi connectivity index (χ4v) is 4.58. The quantitative estimate of drug-likeness (QED) is 0.175. The number of carbonyl (C=O) groups excluding carboxylic acids is 4. The lowest BCUT2D eigenvalue weighted by Gasteiger charge is -2.24. The van der Waals surface area contributed by atoms with Gasteiger partial charge in [0.25, 0.3) is 17.7 Å². The van der Waals surface area contributed by atoms with Gasteiger partial charge in [-0.3, -0.25) is 19.3 Å². The van der Waals surface area contributed by atoms with Crippen molar-refractivity contribution in [1.29, 1.82) is 0 Å². The maximum Gasteiger partial charge on any atom is 0.329 e. The van der Waals surface area contributed by atoms with E-state index in [0.29, 0.717) is 23.6 Å². The topological polar surface area (TPSA) is 92.8 Å². The van der Waals surface area contributed by atoms with E-state index in [-0.39, 0.29) is 37.6 Å². The van der Waals surface area contributed by atoms with Crippen molar-refractivity contribution < 1.29 is 23.9 Å². The van der Waals surface area contributed by atoms with Gasteiger partial charge in [-0.05, 0) is 18.6 Å². The summed E-state index contributed by atoms with van der Waals surface area (Å²) in [6, 6.07) is 5.21. The van der Waals surface area contributed by atoms with Crippen LogP contribution in [-0.4, -0.2) is 41.2 Å². The van der Waals surface area contributed by atoms with Crippen molar-refractivity contribution in [3.63, 3.8) is 0 Å². The minimum Gasteiger partial charge on any atom is -0.454 e. The zero-order chi connectivity index (χ0) is 25.2. The second-order valence-electron chi connectivity index (χ2n) is 7.28. The third-order valence-corrected chi connectivity index (χ3v) is 7.17. The minimum atomic E-state index is -1.31. The molecular formula is C22H17Cl5N2O5. The lowest BCUT2D eigenvalue weighted by atomic mass is 10.1. The molecule has 2 aromatic rings. The van der Waals surface area contributed by atoms with Crippen molar-refractivity contribution in [1.82, 2.24) is 4.90 Å². The fraction of sp³-hybridized carbons (Fsp3) is 0.273. The zero-order valence-electron chi connectivity index (χ0n) is 17.6. The number of anilines is 1. The van der Waals surface area contributed by atoms with Crippen molar-refractivity contribution >= 4 is 87.4 Å². The smallest absolute Gasteiger partial charge is 0.329 e. The SMILES string of the molecule is CCCC[C@H](C(=O)OCC(=O)Nc1ccccc1Cl)N1C(=O)c2c(Cl)c(Cl)c(Cl)c(Cl)c2C1=O. The van der Waals surface area contributed by atoms with Crippen LogP contribution in [0.4, 0.5) is 5.69 Å². The van der Waals surface area contributed by atoms with Crippen LogP contribution >= 0.6 is 58.0 Å². The van der Waals surface area contributed by atoms with Gasteiger partial charge in [-0.25, -0.2) is 4.79 Å². The van der Waals surface area contributed by atoms with E-state index in [0.717, 1.165) is 4.90 Å². The molecule has 3 rings (SSSR count). The highest BCUT2D eigenvalue weighted by atomic mass is 35.5. The van der Waals surface area contributed by atoms with E-state index in [1.54, 1.807) is 24.3 Å². The van der Waals surface area contributed by atoms with Crippen LogP contribution < -0.4 is 5.32 Å². The Morgan fingerprint density at radius 3 is 2.03 bits per heavy atom. The van der Waals surface area contributed by atoms with Gasteiger partial charge in [0.05, 0.1) is 41.9 Å². The van der Waals surface area contributed by atoms with Crippen LogP contribution in [0.3, 0.4) is 0 Å². The molecule has 0 saturated heterocycles. The first-order chi connectivity index (χ1) is 16.1. The Morgan fingerprint density at radius 2 is 1.50 bits per heavy atom. The summed E-state index contributed by atoms with van der Waals surface area (Å²) < 4.78 is 5.13. The third kappa shape index (κ3) is 5.14. The summed E-state index contributed by atoms with van der Waals surface area (Å²) >= 11 is 30.4. The first-order valence-electron chi connectivity index (χ1n) is 10.0. The summed E-state index contributed by atoms with van der Waals surface area (Å²) in [7, 11) is 0. The Kier molecular flexibility index (Phi) is 8.71. The van der Waals surface area contributed by atoms with Gasteiger partial charge >= 0.3 is 5.97 Å². The number of imide groups is 1. The number of hydrogen-bond donors (Lipinski definition) is 1. The van der Waals surface area contributed by atoms with Crippen LogP contribution in [-0.2, 0) is 14.3 Å². The standard InChI is InChI=1S/C22H17Cl5N2O5/c1-2-3-8-12(22(33)34-9-13(30)28-11-7-5-4-6-10(11)23)29-20(31)14-15(21(29)32)17(25)19(27)18(26)16(14)24/h4-7,12H,2-3,8-9H2,1H3,(H,28,30)/t12-/m1/s1. The lowest BCUT2D eigenvalue weighted by Crippen LogP contribution is -2.46. The van der Waals surface area contributed by atoms with Crippen LogP contribution in [0.1, 0.15) is 46.9 Å². The molecule has 0 spiro atoms. The molecule has 1 N–H and O–H groups in total. The highest BCUT2D eigenvalue weighted by molar-refractivity contribution is 6.55. The maximum absolute atomic E-state index is 13.1. The average Bonchev–Trinajstić information content (AvgIpc) is 3.07. The Bertz CT molecular complexity index is 1140. The second-order valence-corrected chi connectivity index (χ2v) is 9.20. The Labute approximate surface area is 220 Å². The van der Waals surface area contributed by atoms with E-state index in [9.17, 15) is 19.2 Å². The molecule has 3 amide bonds. The molecule has 0 fully saturated rings. The molecule has 0 aliphatic carbocycles. The molecule has 0 aromatic heterocycles. The van der Waals surface area contributed by atoms with Crippen LogP contribution in [0.5, 0.6) is 0 Å². The lowest BCUT2D eigenvalue weighted by molar-refractivity contribution is -0.151. The summed E-state index contributed by atoms with van der Waals surface area (Å²) in [6.45, 7) is 1.21. The van der Waals surface area contributed by atoms with Gasteiger partial charge in [-0.1, -0.05) is 89.9 Å². The number of amides is 3. The van der Waals surface area contributed by atoms with Gasteiger partial charge in [0.2, 0.25) is 0 Å². The zero-order valence-corrected chi connectivity index (χ0v) is 21.4. The fourth-order valence-electron chi connectivity index (χ4n) is 3.38. The van der Waals surface area contributed by atoms with Crippen molar-refractivity contribution in [2.75, 3.05) is 11.9 Å². The Morgan fingerprint density at radius 1 is 0.941 bits per heavy atom. The number of rotatable bonds is 8. The number of nitrogens with zero attached hydrogens (tertiary/aromatic N) is 1. The van der Waals surface area contributed by atoms with Gasteiger partial charge in [-0.15, -0.1) is 0 Å². The van der Waals surface area contributed by atoms with Crippen LogP contribution in [0, 0.1) is 0 Å². The number of benzene rings is 2. The molecule has 7 nitrogen and oxygen atoms in total. The van der Waals surface area contributed by atoms with Crippen molar-refractivity contribution in [2.45, 2.75) is 32.2 Å². The van der Waals surface area contributed by atoms with Crippen LogP contribution in [0.25, 0.3) is 0 Å². The normalized spacial score (nSPS) is 13.6. The Balaban J connectivity index is 1.82. The van der Waals surface area contributed by atoms with E-state index in [1.807, 2.05) is 6.92 Å². The minimum absolute atomic E-state index is 0.101. The van der Waals surface area contributed by atoms with Gasteiger partial charge in [0.1, 0.15) is 6.04 Å². The molecule has 1 atom stereocenters. The number of halogens is 5. The molecule has 12 heteroatoms. The highest BCUT2D eigenvalue weighted by Gasteiger charge is 2.47. The molecule has 0 bridgehead atoms. The maximum atomic E-state index is 13.1. The van der Waals surface area contributed by atoms with Gasteiger partial charge in [0, 0.05) is 0 Å². The number of para-hydroxylation sites is 1. The largest absolute Gasteiger partial charge is 0.454 e. The van der Waals surface area contributed by atoms with Crippen LogP contribution in [0.15, 0.2) is 24.3 Å². The summed E-state index contributed by atoms with van der Waals surface area (Å²) in [5.74, 6) is -3.31. The number of fused-ring (bicyclic) bond motifs is 1. The molecule has 1 aliphatic rings. The molecule has 0 radical (unpaired) electrons. The molecule has 2 aromatic carbocycles. The summed E-state index contributed by atoms with van der Waals surface area (Å²) in [6.07, 6.45) is 1.25. The first kappa shape index (κ1) is 26.6. The predicted molar refractivity (Wildman–Crippen MR) is 131 cm³/mol. The molecule has 34 heavy (non-hydrogen) atoms. The molecule has 1 heterocycles. The molecular weight excluding hydrogens is 550 g/mol. The Hall–Kier alpha value is -2.03. The highest BCUT2D eigenvalue weighted by Crippen LogP contribution is 2.45. The number of esters is 1. The molecule has 0 unspecified atom stereocenters. The van der Waals surface area contributed by atoms with Gasteiger partial charge in [0.15, 0.2) is 6.61 Å².